The molecular formula is C15H23NO3. The first-order valence-corrected chi connectivity index (χ1v) is 6.33. The highest BCUT2D eigenvalue weighted by molar-refractivity contribution is 5.76. The number of carbonyl (C=O) groups excluding carboxylic acids is 1. The van der Waals surface area contributed by atoms with E-state index in [2.05, 4.69) is 11.4 Å². The van der Waals surface area contributed by atoms with Crippen LogP contribution in [-0.4, -0.2) is 26.7 Å². The summed E-state index contributed by atoms with van der Waals surface area (Å²) in [6.07, 6.45) is 0. The third kappa shape index (κ3) is 4.24. The maximum Gasteiger partial charge on any atom is 0.312 e. The molecule has 0 radical (unpaired) electrons. The molecule has 0 heterocycles. The lowest BCUT2D eigenvalue weighted by molar-refractivity contribution is -0.150. The monoisotopic (exact) mass is 265 g/mol. The van der Waals surface area contributed by atoms with E-state index in [1.807, 2.05) is 32.9 Å². The van der Waals surface area contributed by atoms with E-state index in [-0.39, 0.29) is 5.97 Å². The molecule has 0 saturated heterocycles. The molecule has 0 aliphatic carbocycles. The number of aryl methyl sites for hydroxylation is 1. The maximum absolute atomic E-state index is 11.6. The van der Waals surface area contributed by atoms with E-state index in [9.17, 15) is 4.79 Å². The minimum atomic E-state index is -0.536. The normalized spacial score (nSPS) is 11.2. The lowest BCUT2D eigenvalue weighted by Crippen LogP contribution is -2.36. The summed E-state index contributed by atoms with van der Waals surface area (Å²) in [6.45, 7) is 6.97. The Balaban J connectivity index is 2.63. The zero-order chi connectivity index (χ0) is 14.5. The van der Waals surface area contributed by atoms with Gasteiger partial charge in [0.15, 0.2) is 0 Å². The lowest BCUT2D eigenvalue weighted by Gasteiger charge is -2.22. The number of nitrogens with one attached hydrogen (secondary N) is 1. The van der Waals surface area contributed by atoms with Crippen LogP contribution in [0.1, 0.15) is 25.0 Å². The Hall–Kier alpha value is -1.55. The first kappa shape index (κ1) is 15.5. The van der Waals surface area contributed by atoms with Crippen LogP contribution in [0.25, 0.3) is 0 Å². The molecule has 4 nitrogen and oxygen atoms in total. The zero-order valence-electron chi connectivity index (χ0n) is 12.4. The third-order valence-electron chi connectivity index (χ3n) is 3.06. The van der Waals surface area contributed by atoms with Crippen LogP contribution in [0.15, 0.2) is 18.2 Å². The van der Waals surface area contributed by atoms with Crippen molar-refractivity contribution < 1.29 is 14.3 Å². The lowest BCUT2D eigenvalue weighted by atomic mass is 9.93. The molecule has 4 heteroatoms. The highest BCUT2D eigenvalue weighted by atomic mass is 16.5. The van der Waals surface area contributed by atoms with Gasteiger partial charge in [-0.1, -0.05) is 17.7 Å². The first-order chi connectivity index (χ1) is 8.90. The van der Waals surface area contributed by atoms with Gasteiger partial charge in [0, 0.05) is 18.7 Å². The van der Waals surface area contributed by atoms with Crippen molar-refractivity contribution in [2.24, 2.45) is 5.41 Å². The van der Waals surface area contributed by atoms with E-state index < -0.39 is 5.41 Å². The summed E-state index contributed by atoms with van der Waals surface area (Å²) in [5.41, 5.74) is 1.74. The van der Waals surface area contributed by atoms with E-state index >= 15 is 0 Å². The van der Waals surface area contributed by atoms with Gasteiger partial charge in [-0.15, -0.1) is 0 Å². The molecule has 0 amide bonds. The van der Waals surface area contributed by atoms with Crippen molar-refractivity contribution in [3.05, 3.63) is 29.3 Å². The van der Waals surface area contributed by atoms with Crippen molar-refractivity contribution >= 4 is 5.97 Å². The molecule has 0 saturated carbocycles. The second-order valence-electron chi connectivity index (χ2n) is 5.29. The molecule has 1 rings (SSSR count). The quantitative estimate of drug-likeness (QED) is 0.802. The second-order valence-corrected chi connectivity index (χ2v) is 5.29. The fourth-order valence-electron chi connectivity index (χ4n) is 1.90. The van der Waals surface area contributed by atoms with Gasteiger partial charge < -0.3 is 14.8 Å². The van der Waals surface area contributed by atoms with Crippen LogP contribution in [0.2, 0.25) is 0 Å². The highest BCUT2D eigenvalue weighted by Crippen LogP contribution is 2.20. The summed E-state index contributed by atoms with van der Waals surface area (Å²) >= 11 is 0. The Morgan fingerprint density at radius 2 is 2.00 bits per heavy atom. The number of hydrogen-bond acceptors (Lipinski definition) is 4. The van der Waals surface area contributed by atoms with Gasteiger partial charge in [-0.25, -0.2) is 0 Å². The summed E-state index contributed by atoms with van der Waals surface area (Å²) in [4.78, 5) is 11.6. The number of ether oxygens (including phenoxy) is 2. The van der Waals surface area contributed by atoms with Gasteiger partial charge >= 0.3 is 5.97 Å². The van der Waals surface area contributed by atoms with E-state index in [0.717, 1.165) is 11.3 Å². The predicted octanol–water partition coefficient (Wildman–Crippen LogP) is 2.29. The minimum Gasteiger partial charge on any atom is -0.496 e. The standard InChI is InChI=1S/C15H23NO3/c1-11-6-7-13(18-4)12(8-11)9-16-10-15(2,3)14(17)19-5/h6-8,16H,9-10H2,1-5H3. The summed E-state index contributed by atoms with van der Waals surface area (Å²) < 4.78 is 10.1. The predicted molar refractivity (Wildman–Crippen MR) is 75.2 cm³/mol. The summed E-state index contributed by atoms with van der Waals surface area (Å²) in [5, 5.41) is 3.28. The molecule has 0 fully saturated rings. The Kier molecular flexibility index (Phi) is 5.36. The van der Waals surface area contributed by atoms with Crippen molar-refractivity contribution in [1.82, 2.24) is 5.32 Å². The fraction of sp³-hybridized carbons (Fsp3) is 0.533. The van der Waals surface area contributed by atoms with Gasteiger partial charge in [0.05, 0.1) is 19.6 Å². The Morgan fingerprint density at radius 1 is 1.32 bits per heavy atom. The zero-order valence-corrected chi connectivity index (χ0v) is 12.4. The average Bonchev–Trinajstić information content (AvgIpc) is 2.37. The summed E-state index contributed by atoms with van der Waals surface area (Å²) in [5.74, 6) is 0.644. The molecule has 19 heavy (non-hydrogen) atoms. The summed E-state index contributed by atoms with van der Waals surface area (Å²) in [6, 6.07) is 6.05. The molecule has 0 aliphatic heterocycles. The molecule has 0 bridgehead atoms. The molecule has 1 N–H and O–H groups in total. The molecule has 1 aromatic carbocycles. The van der Waals surface area contributed by atoms with Gasteiger partial charge in [-0.2, -0.15) is 0 Å². The topological polar surface area (TPSA) is 47.6 Å². The fourth-order valence-corrected chi connectivity index (χ4v) is 1.90. The number of carbonyl (C=O) groups is 1. The number of esters is 1. The van der Waals surface area contributed by atoms with E-state index in [1.54, 1.807) is 7.11 Å². The molecule has 0 atom stereocenters. The van der Waals surface area contributed by atoms with E-state index in [0.29, 0.717) is 13.1 Å². The van der Waals surface area contributed by atoms with Crippen LogP contribution in [0, 0.1) is 12.3 Å². The van der Waals surface area contributed by atoms with Crippen molar-refractivity contribution in [2.75, 3.05) is 20.8 Å². The van der Waals surface area contributed by atoms with Crippen LogP contribution < -0.4 is 10.1 Å². The SMILES string of the molecule is COC(=O)C(C)(C)CNCc1cc(C)ccc1OC. The van der Waals surface area contributed by atoms with Crippen molar-refractivity contribution in [3.8, 4) is 5.75 Å². The number of benzene rings is 1. The Labute approximate surface area is 115 Å². The maximum atomic E-state index is 11.6. The smallest absolute Gasteiger partial charge is 0.312 e. The van der Waals surface area contributed by atoms with E-state index in [4.69, 9.17) is 9.47 Å². The van der Waals surface area contributed by atoms with Crippen LogP contribution in [0.4, 0.5) is 0 Å². The number of methoxy groups -OCH3 is 2. The third-order valence-corrected chi connectivity index (χ3v) is 3.06. The molecule has 0 spiro atoms. The van der Waals surface area contributed by atoms with Gasteiger partial charge in [-0.05, 0) is 26.8 Å². The highest BCUT2D eigenvalue weighted by Gasteiger charge is 2.28. The second kappa shape index (κ2) is 6.57. The molecule has 1 aromatic rings. The van der Waals surface area contributed by atoms with Crippen molar-refractivity contribution in [3.63, 3.8) is 0 Å². The molecule has 0 unspecified atom stereocenters. The minimum absolute atomic E-state index is 0.212. The largest absolute Gasteiger partial charge is 0.496 e. The van der Waals surface area contributed by atoms with Crippen molar-refractivity contribution in [1.29, 1.82) is 0 Å². The van der Waals surface area contributed by atoms with Crippen LogP contribution in [0.5, 0.6) is 5.75 Å². The van der Waals surface area contributed by atoms with Gasteiger partial charge in [-0.3, -0.25) is 4.79 Å². The van der Waals surface area contributed by atoms with Gasteiger partial charge in [0.25, 0.3) is 0 Å². The number of hydrogen-bond donors (Lipinski definition) is 1. The van der Waals surface area contributed by atoms with Gasteiger partial charge in [0.1, 0.15) is 5.75 Å². The Morgan fingerprint density at radius 3 is 2.58 bits per heavy atom. The molecule has 106 valence electrons. The van der Waals surface area contributed by atoms with E-state index in [1.165, 1.54) is 12.7 Å². The Bertz CT molecular complexity index is 441. The first-order valence-electron chi connectivity index (χ1n) is 6.33. The van der Waals surface area contributed by atoms with Crippen LogP contribution in [0.3, 0.4) is 0 Å². The number of rotatable bonds is 6. The van der Waals surface area contributed by atoms with Crippen LogP contribution in [-0.2, 0) is 16.1 Å². The van der Waals surface area contributed by atoms with Crippen molar-refractivity contribution in [2.45, 2.75) is 27.3 Å². The van der Waals surface area contributed by atoms with Gasteiger partial charge in [0.2, 0.25) is 0 Å². The molecule has 0 aromatic heterocycles. The molecular weight excluding hydrogens is 242 g/mol. The van der Waals surface area contributed by atoms with Crippen LogP contribution >= 0.6 is 0 Å². The molecule has 0 aliphatic rings. The average molecular weight is 265 g/mol. The summed E-state index contributed by atoms with van der Waals surface area (Å²) in [7, 11) is 3.07.